The van der Waals surface area contributed by atoms with E-state index in [0.717, 1.165) is 16.7 Å². The first-order chi connectivity index (χ1) is 13.1. The number of hydrogen-bond acceptors (Lipinski definition) is 2. The summed E-state index contributed by atoms with van der Waals surface area (Å²) in [4.78, 5) is 16.0. The van der Waals surface area contributed by atoms with Crippen LogP contribution in [0, 0.1) is 11.6 Å². The molecule has 3 aromatic rings. The molecule has 0 unspecified atom stereocenters. The zero-order valence-electron chi connectivity index (χ0n) is 14.5. The Kier molecular flexibility index (Phi) is 6.05. The smallest absolute Gasteiger partial charge is 0.252 e. The second-order valence-corrected chi connectivity index (χ2v) is 5.92. The fourth-order valence-corrected chi connectivity index (χ4v) is 2.66. The molecule has 0 saturated carbocycles. The van der Waals surface area contributed by atoms with Gasteiger partial charge in [0.1, 0.15) is 11.6 Å². The first kappa shape index (κ1) is 18.5. The van der Waals surface area contributed by atoms with Crippen molar-refractivity contribution in [3.05, 3.63) is 107 Å². The van der Waals surface area contributed by atoms with Gasteiger partial charge >= 0.3 is 0 Å². The molecule has 0 aliphatic carbocycles. The average molecular weight is 364 g/mol. The van der Waals surface area contributed by atoms with Crippen LogP contribution in [0.25, 0.3) is 5.57 Å². The monoisotopic (exact) mass is 364 g/mol. The van der Waals surface area contributed by atoms with Gasteiger partial charge < -0.3 is 5.32 Å². The predicted octanol–water partition coefficient (Wildman–Crippen LogP) is 4.61. The molecule has 1 aromatic heterocycles. The molecule has 0 atom stereocenters. The number of amides is 1. The highest BCUT2D eigenvalue weighted by atomic mass is 19.1. The molecular weight excluding hydrogens is 346 g/mol. The number of nitrogens with one attached hydrogen (secondary N) is 1. The van der Waals surface area contributed by atoms with Crippen LogP contribution in [-0.2, 0) is 0 Å². The van der Waals surface area contributed by atoms with Crippen LogP contribution in [0.15, 0.2) is 79.1 Å². The van der Waals surface area contributed by atoms with E-state index >= 15 is 0 Å². The van der Waals surface area contributed by atoms with Gasteiger partial charge in [0.2, 0.25) is 0 Å². The Bertz CT molecular complexity index is 873. The van der Waals surface area contributed by atoms with Crippen molar-refractivity contribution in [3.8, 4) is 0 Å². The van der Waals surface area contributed by atoms with Gasteiger partial charge in [-0.15, -0.1) is 0 Å². The molecule has 0 fully saturated rings. The highest BCUT2D eigenvalue weighted by molar-refractivity contribution is 5.93. The zero-order valence-corrected chi connectivity index (χ0v) is 14.5. The lowest BCUT2D eigenvalue weighted by molar-refractivity contribution is 0.0954. The maximum absolute atomic E-state index is 13.2. The topological polar surface area (TPSA) is 42.0 Å². The SMILES string of the molecule is O=C(NCCC=C(c1ccc(F)cc1)c1ccc(F)cc1)c1cccnc1. The largest absolute Gasteiger partial charge is 0.352 e. The van der Waals surface area contributed by atoms with Gasteiger partial charge in [0, 0.05) is 18.9 Å². The summed E-state index contributed by atoms with van der Waals surface area (Å²) in [6, 6.07) is 15.7. The quantitative estimate of drug-likeness (QED) is 0.649. The maximum atomic E-state index is 13.2. The second-order valence-electron chi connectivity index (χ2n) is 5.92. The van der Waals surface area contributed by atoms with E-state index in [1.165, 1.54) is 30.5 Å². The number of hydrogen-bond donors (Lipinski definition) is 1. The van der Waals surface area contributed by atoms with E-state index in [4.69, 9.17) is 0 Å². The van der Waals surface area contributed by atoms with Gasteiger partial charge in [-0.05, 0) is 59.5 Å². The number of carbonyl (C=O) groups excluding carboxylic acids is 1. The van der Waals surface area contributed by atoms with Crippen LogP contribution in [0.1, 0.15) is 27.9 Å². The first-order valence-electron chi connectivity index (χ1n) is 8.54. The number of aromatic nitrogens is 1. The van der Waals surface area contributed by atoms with E-state index in [-0.39, 0.29) is 17.5 Å². The summed E-state index contributed by atoms with van der Waals surface area (Å²) in [6.07, 6.45) is 5.63. The summed E-state index contributed by atoms with van der Waals surface area (Å²) in [6.45, 7) is 0.430. The summed E-state index contributed by atoms with van der Waals surface area (Å²) in [5, 5.41) is 2.83. The number of rotatable bonds is 6. The van der Waals surface area contributed by atoms with Crippen molar-refractivity contribution in [2.24, 2.45) is 0 Å². The molecule has 0 aliphatic rings. The molecule has 3 rings (SSSR count). The van der Waals surface area contributed by atoms with Crippen molar-refractivity contribution in [2.75, 3.05) is 6.54 Å². The number of nitrogens with zero attached hydrogens (tertiary/aromatic N) is 1. The van der Waals surface area contributed by atoms with Crippen molar-refractivity contribution < 1.29 is 13.6 Å². The van der Waals surface area contributed by atoms with Gasteiger partial charge in [0.15, 0.2) is 0 Å². The molecule has 0 bridgehead atoms. The molecule has 2 aromatic carbocycles. The highest BCUT2D eigenvalue weighted by Gasteiger charge is 2.07. The van der Waals surface area contributed by atoms with Gasteiger partial charge in [0.25, 0.3) is 5.91 Å². The van der Waals surface area contributed by atoms with Crippen molar-refractivity contribution in [1.82, 2.24) is 10.3 Å². The van der Waals surface area contributed by atoms with Gasteiger partial charge in [-0.2, -0.15) is 0 Å². The van der Waals surface area contributed by atoms with E-state index in [2.05, 4.69) is 10.3 Å². The Labute approximate surface area is 156 Å². The highest BCUT2D eigenvalue weighted by Crippen LogP contribution is 2.24. The predicted molar refractivity (Wildman–Crippen MR) is 101 cm³/mol. The fourth-order valence-electron chi connectivity index (χ4n) is 2.66. The van der Waals surface area contributed by atoms with E-state index in [0.29, 0.717) is 18.5 Å². The van der Waals surface area contributed by atoms with E-state index in [9.17, 15) is 13.6 Å². The molecule has 3 nitrogen and oxygen atoms in total. The molecule has 1 amide bonds. The number of pyridine rings is 1. The summed E-state index contributed by atoms with van der Waals surface area (Å²) >= 11 is 0. The Hall–Kier alpha value is -3.34. The number of halogens is 2. The molecule has 1 N–H and O–H groups in total. The van der Waals surface area contributed by atoms with Crippen LogP contribution < -0.4 is 5.32 Å². The average Bonchev–Trinajstić information content (AvgIpc) is 2.70. The molecule has 0 aliphatic heterocycles. The maximum Gasteiger partial charge on any atom is 0.252 e. The Balaban J connectivity index is 1.73. The molecule has 5 heteroatoms. The summed E-state index contributed by atoms with van der Waals surface area (Å²) in [5.41, 5.74) is 2.99. The van der Waals surface area contributed by atoms with E-state index in [1.54, 1.807) is 42.6 Å². The minimum absolute atomic E-state index is 0.193. The van der Waals surface area contributed by atoms with Crippen LogP contribution in [0.2, 0.25) is 0 Å². The van der Waals surface area contributed by atoms with Crippen LogP contribution in [0.5, 0.6) is 0 Å². The molecular formula is C22H18F2N2O. The Morgan fingerprint density at radius 2 is 1.48 bits per heavy atom. The van der Waals surface area contributed by atoms with E-state index in [1.807, 2.05) is 6.08 Å². The van der Waals surface area contributed by atoms with Crippen LogP contribution in [0.4, 0.5) is 8.78 Å². The normalized spacial score (nSPS) is 10.3. The second kappa shape index (κ2) is 8.85. The van der Waals surface area contributed by atoms with Crippen LogP contribution in [0.3, 0.4) is 0 Å². The minimum atomic E-state index is -0.319. The van der Waals surface area contributed by atoms with Crippen molar-refractivity contribution in [2.45, 2.75) is 6.42 Å². The van der Waals surface area contributed by atoms with Gasteiger partial charge in [0.05, 0.1) is 5.56 Å². The Morgan fingerprint density at radius 3 is 2.00 bits per heavy atom. The minimum Gasteiger partial charge on any atom is -0.352 e. The lowest BCUT2D eigenvalue weighted by Crippen LogP contribution is -2.24. The van der Waals surface area contributed by atoms with Crippen molar-refractivity contribution >= 4 is 11.5 Å². The molecule has 27 heavy (non-hydrogen) atoms. The molecule has 0 radical (unpaired) electrons. The lowest BCUT2D eigenvalue weighted by Gasteiger charge is -2.10. The third-order valence-corrected chi connectivity index (χ3v) is 4.01. The number of benzene rings is 2. The third kappa shape index (κ3) is 5.07. The lowest BCUT2D eigenvalue weighted by atomic mass is 9.97. The summed E-state index contributed by atoms with van der Waals surface area (Å²) < 4.78 is 26.5. The van der Waals surface area contributed by atoms with Crippen LogP contribution >= 0.6 is 0 Å². The van der Waals surface area contributed by atoms with Gasteiger partial charge in [-0.1, -0.05) is 30.3 Å². The van der Waals surface area contributed by atoms with Crippen molar-refractivity contribution in [1.29, 1.82) is 0 Å². The van der Waals surface area contributed by atoms with Gasteiger partial charge in [-0.25, -0.2) is 8.78 Å². The Morgan fingerprint density at radius 1 is 0.889 bits per heavy atom. The fraction of sp³-hybridized carbons (Fsp3) is 0.0909. The third-order valence-electron chi connectivity index (χ3n) is 4.01. The molecule has 0 saturated heterocycles. The zero-order chi connectivity index (χ0) is 19.1. The van der Waals surface area contributed by atoms with E-state index < -0.39 is 0 Å². The van der Waals surface area contributed by atoms with Crippen molar-refractivity contribution in [3.63, 3.8) is 0 Å². The van der Waals surface area contributed by atoms with Crippen LogP contribution in [-0.4, -0.2) is 17.4 Å². The standard InChI is InChI=1S/C22H18F2N2O/c23-19-9-5-16(6-10-19)21(17-7-11-20(24)12-8-17)4-2-14-26-22(27)18-3-1-13-25-15-18/h1,3-13,15H,2,14H2,(H,26,27). The first-order valence-corrected chi connectivity index (χ1v) is 8.54. The summed E-state index contributed by atoms with van der Waals surface area (Å²) in [5.74, 6) is -0.830. The number of carbonyl (C=O) groups is 1. The molecule has 1 heterocycles. The molecule has 136 valence electrons. The molecule has 0 spiro atoms. The summed E-state index contributed by atoms with van der Waals surface area (Å²) in [7, 11) is 0. The van der Waals surface area contributed by atoms with Gasteiger partial charge in [-0.3, -0.25) is 9.78 Å².